The van der Waals surface area contributed by atoms with E-state index in [0.29, 0.717) is 28.4 Å². The number of aromatic amines is 1. The molecule has 1 aliphatic rings. The van der Waals surface area contributed by atoms with Crippen LogP contribution in [0.4, 0.5) is 17.6 Å². The number of nitrogens with zero attached hydrogens (tertiary/aromatic N) is 6. The molecule has 1 unspecified atom stereocenters. The van der Waals surface area contributed by atoms with E-state index >= 15 is 0 Å². The summed E-state index contributed by atoms with van der Waals surface area (Å²) in [6.07, 6.45) is 5.32. The lowest BCUT2D eigenvalue weighted by Crippen LogP contribution is -2.24. The number of pyridine rings is 1. The van der Waals surface area contributed by atoms with Gasteiger partial charge in [0.15, 0.2) is 11.6 Å². The van der Waals surface area contributed by atoms with Crippen molar-refractivity contribution in [3.05, 3.63) is 59.3 Å². The predicted molar refractivity (Wildman–Crippen MR) is 113 cm³/mol. The molecule has 0 aromatic carbocycles. The van der Waals surface area contributed by atoms with Crippen molar-refractivity contribution in [3.63, 3.8) is 0 Å². The summed E-state index contributed by atoms with van der Waals surface area (Å²) in [6, 6.07) is 9.35. The van der Waals surface area contributed by atoms with E-state index in [1.165, 1.54) is 0 Å². The minimum atomic E-state index is 0.00424. The van der Waals surface area contributed by atoms with Crippen LogP contribution in [0.5, 0.6) is 0 Å². The Morgan fingerprint density at radius 1 is 1.20 bits per heavy atom. The summed E-state index contributed by atoms with van der Waals surface area (Å²) >= 11 is 6.20. The number of hydrogen-bond donors (Lipinski definition) is 2. The van der Waals surface area contributed by atoms with Crippen LogP contribution in [0, 0.1) is 6.92 Å². The van der Waals surface area contributed by atoms with Gasteiger partial charge in [-0.05, 0) is 38.0 Å². The number of anilines is 3. The zero-order chi connectivity index (χ0) is 20.5. The lowest BCUT2D eigenvalue weighted by Gasteiger charge is -2.22. The number of H-pyrrole nitrogens is 1. The van der Waals surface area contributed by atoms with Crippen LogP contribution < -0.4 is 10.2 Å². The lowest BCUT2D eigenvalue weighted by atomic mass is 10.1. The standard InChI is InChI=1S/C20H19ClN8O/c1-12-10-18(27-26-12)24-17-6-8-23-20(25-17)29-9-3-5-15(29)16-11-14(28-30-16)13-4-2-7-22-19(13)21/h2,4,6-8,10-11,15H,3,5,9H2,1H3,(H2,23,24,25,26,27). The van der Waals surface area contributed by atoms with Gasteiger partial charge in [0.25, 0.3) is 0 Å². The van der Waals surface area contributed by atoms with Crippen LogP contribution in [0.25, 0.3) is 11.3 Å². The molecule has 2 N–H and O–H groups in total. The third kappa shape index (κ3) is 3.59. The van der Waals surface area contributed by atoms with Crippen LogP contribution in [0.3, 0.4) is 0 Å². The maximum absolute atomic E-state index is 6.20. The summed E-state index contributed by atoms with van der Waals surface area (Å²) in [4.78, 5) is 15.4. The highest BCUT2D eigenvalue weighted by molar-refractivity contribution is 6.32. The SMILES string of the molecule is Cc1cc(Nc2ccnc(N3CCCC3c3cc(-c4cccnc4Cl)no3)n2)n[nH]1. The van der Waals surface area contributed by atoms with Crippen molar-refractivity contribution >= 4 is 29.2 Å². The fourth-order valence-corrected chi connectivity index (χ4v) is 3.84. The summed E-state index contributed by atoms with van der Waals surface area (Å²) in [5.74, 6) is 2.78. The molecule has 152 valence electrons. The van der Waals surface area contributed by atoms with E-state index in [1.807, 2.05) is 37.3 Å². The molecule has 1 saturated heterocycles. The van der Waals surface area contributed by atoms with Crippen LogP contribution >= 0.6 is 11.6 Å². The molecule has 0 aliphatic carbocycles. The van der Waals surface area contributed by atoms with E-state index in [9.17, 15) is 0 Å². The lowest BCUT2D eigenvalue weighted by molar-refractivity contribution is 0.362. The molecule has 5 heterocycles. The number of nitrogens with one attached hydrogen (secondary N) is 2. The van der Waals surface area contributed by atoms with Gasteiger partial charge in [0.05, 0.1) is 6.04 Å². The van der Waals surface area contributed by atoms with Gasteiger partial charge in [-0.3, -0.25) is 5.10 Å². The highest BCUT2D eigenvalue weighted by Crippen LogP contribution is 2.37. The number of aromatic nitrogens is 6. The van der Waals surface area contributed by atoms with E-state index in [0.717, 1.165) is 36.4 Å². The Hall–Kier alpha value is -3.46. The zero-order valence-corrected chi connectivity index (χ0v) is 17.0. The summed E-state index contributed by atoms with van der Waals surface area (Å²) in [5.41, 5.74) is 2.39. The first-order valence-electron chi connectivity index (χ1n) is 9.63. The molecule has 10 heteroatoms. The highest BCUT2D eigenvalue weighted by Gasteiger charge is 2.31. The van der Waals surface area contributed by atoms with Crippen molar-refractivity contribution in [2.75, 3.05) is 16.8 Å². The second-order valence-electron chi connectivity index (χ2n) is 7.11. The molecule has 1 aliphatic heterocycles. The van der Waals surface area contributed by atoms with Crippen LogP contribution in [0.2, 0.25) is 5.15 Å². The number of rotatable bonds is 5. The van der Waals surface area contributed by atoms with E-state index < -0.39 is 0 Å². The maximum Gasteiger partial charge on any atom is 0.227 e. The van der Waals surface area contributed by atoms with Crippen LogP contribution in [-0.4, -0.2) is 36.9 Å². The number of hydrogen-bond acceptors (Lipinski definition) is 8. The fraction of sp³-hybridized carbons (Fsp3) is 0.250. The molecule has 0 radical (unpaired) electrons. The molecular weight excluding hydrogens is 404 g/mol. The minimum absolute atomic E-state index is 0.00424. The molecule has 4 aromatic heterocycles. The Kier molecular flexibility index (Phi) is 4.80. The van der Waals surface area contributed by atoms with Crippen molar-refractivity contribution in [1.29, 1.82) is 0 Å². The molecule has 0 bridgehead atoms. The topological polar surface area (TPSA) is 109 Å². The Balaban J connectivity index is 1.39. The molecule has 4 aromatic rings. The van der Waals surface area contributed by atoms with Gasteiger partial charge in [0, 0.05) is 42.3 Å². The van der Waals surface area contributed by atoms with E-state index in [4.69, 9.17) is 16.1 Å². The fourth-order valence-electron chi connectivity index (χ4n) is 3.62. The van der Waals surface area contributed by atoms with Crippen molar-refractivity contribution in [3.8, 4) is 11.3 Å². The van der Waals surface area contributed by atoms with Crippen molar-refractivity contribution in [2.45, 2.75) is 25.8 Å². The van der Waals surface area contributed by atoms with Gasteiger partial charge < -0.3 is 14.7 Å². The molecule has 1 fully saturated rings. The smallest absolute Gasteiger partial charge is 0.227 e. The van der Waals surface area contributed by atoms with Crippen LogP contribution in [0.1, 0.15) is 30.3 Å². The molecule has 0 amide bonds. The quantitative estimate of drug-likeness (QED) is 0.458. The van der Waals surface area contributed by atoms with Crippen molar-refractivity contribution in [2.24, 2.45) is 0 Å². The summed E-state index contributed by atoms with van der Waals surface area (Å²) in [7, 11) is 0. The maximum atomic E-state index is 6.20. The Morgan fingerprint density at radius 2 is 2.13 bits per heavy atom. The van der Waals surface area contributed by atoms with Crippen molar-refractivity contribution in [1.82, 2.24) is 30.3 Å². The van der Waals surface area contributed by atoms with E-state index in [2.05, 4.69) is 40.5 Å². The Morgan fingerprint density at radius 3 is 2.97 bits per heavy atom. The minimum Gasteiger partial charge on any atom is -0.359 e. The van der Waals surface area contributed by atoms with Gasteiger partial charge in [-0.1, -0.05) is 16.8 Å². The number of aryl methyl sites for hydroxylation is 1. The molecule has 0 spiro atoms. The normalized spacial score (nSPS) is 16.2. The first-order chi connectivity index (χ1) is 14.7. The molecule has 5 rings (SSSR count). The third-order valence-electron chi connectivity index (χ3n) is 5.01. The Labute approximate surface area is 177 Å². The molecular formula is C20H19ClN8O. The Bertz CT molecular complexity index is 1170. The van der Waals surface area contributed by atoms with E-state index in [1.54, 1.807) is 12.4 Å². The third-order valence-corrected chi connectivity index (χ3v) is 5.31. The van der Waals surface area contributed by atoms with Crippen LogP contribution in [-0.2, 0) is 0 Å². The van der Waals surface area contributed by atoms with E-state index in [-0.39, 0.29) is 6.04 Å². The number of halogens is 1. The van der Waals surface area contributed by atoms with Gasteiger partial charge in [-0.2, -0.15) is 10.1 Å². The van der Waals surface area contributed by atoms with Gasteiger partial charge in [0.1, 0.15) is 16.7 Å². The summed E-state index contributed by atoms with van der Waals surface area (Å²) in [6.45, 7) is 2.78. The van der Waals surface area contributed by atoms with Gasteiger partial charge >= 0.3 is 0 Å². The second-order valence-corrected chi connectivity index (χ2v) is 7.47. The molecule has 30 heavy (non-hydrogen) atoms. The monoisotopic (exact) mass is 422 g/mol. The van der Waals surface area contributed by atoms with Crippen LogP contribution in [0.15, 0.2) is 47.2 Å². The largest absolute Gasteiger partial charge is 0.359 e. The molecule has 0 saturated carbocycles. The highest BCUT2D eigenvalue weighted by atomic mass is 35.5. The average Bonchev–Trinajstić information content (AvgIpc) is 3.49. The zero-order valence-electron chi connectivity index (χ0n) is 16.2. The predicted octanol–water partition coefficient (Wildman–Crippen LogP) is 4.30. The first-order valence-corrected chi connectivity index (χ1v) is 10.0. The summed E-state index contributed by atoms with van der Waals surface area (Å²) in [5, 5.41) is 14.9. The first kappa shape index (κ1) is 18.6. The van der Waals surface area contributed by atoms with Gasteiger partial charge in [0.2, 0.25) is 5.95 Å². The van der Waals surface area contributed by atoms with Gasteiger partial charge in [-0.15, -0.1) is 0 Å². The molecule has 1 atom stereocenters. The second kappa shape index (κ2) is 7.75. The summed E-state index contributed by atoms with van der Waals surface area (Å²) < 4.78 is 5.67. The van der Waals surface area contributed by atoms with Gasteiger partial charge in [-0.25, -0.2) is 9.97 Å². The van der Waals surface area contributed by atoms with Crippen molar-refractivity contribution < 1.29 is 4.52 Å². The average molecular weight is 423 g/mol. The molecule has 9 nitrogen and oxygen atoms in total.